The Labute approximate surface area is 230 Å². The van der Waals surface area contributed by atoms with E-state index in [1.807, 2.05) is 54.6 Å². The minimum absolute atomic E-state index is 0.227. The van der Waals surface area contributed by atoms with Gasteiger partial charge < -0.3 is 19.3 Å². The molecular weight excluding hydrogens is 515 g/mol. The van der Waals surface area contributed by atoms with Crippen LogP contribution in [0.2, 0.25) is 0 Å². The number of hydrogen-bond acceptors (Lipinski definition) is 7. The van der Waals surface area contributed by atoms with E-state index in [1.54, 1.807) is 26.2 Å². The number of amides is 1. The summed E-state index contributed by atoms with van der Waals surface area (Å²) in [6.45, 7) is 1.66. The van der Waals surface area contributed by atoms with Crippen LogP contribution in [0.25, 0.3) is 34.0 Å². The number of likely N-dealkylation sites (tertiary alicyclic amines) is 1. The van der Waals surface area contributed by atoms with Crippen LogP contribution in [-0.4, -0.2) is 69.9 Å². The van der Waals surface area contributed by atoms with Crippen LogP contribution in [0.1, 0.15) is 18.4 Å². The molecule has 40 heavy (non-hydrogen) atoms. The highest BCUT2D eigenvalue weighted by atomic mass is 19.1. The van der Waals surface area contributed by atoms with E-state index < -0.39 is 11.8 Å². The standard InChI is InChI=1S/C30H29FN4O5/c1-34(2)28(36)30(39-29(37)38)14-16-35(17-15-30)19-20-8-10-22(11-9-20)26-32-27(40-33-26)23-12-13-24(25(31)18-23)21-6-4-3-5-7-21/h3-13,18H,14-17,19H2,1-2H3,(H,37,38). The zero-order valence-corrected chi connectivity index (χ0v) is 22.2. The molecule has 9 nitrogen and oxygen atoms in total. The van der Waals surface area contributed by atoms with Gasteiger partial charge in [0.1, 0.15) is 5.82 Å². The number of carbonyl (C=O) groups is 2. The average Bonchev–Trinajstić information content (AvgIpc) is 3.45. The van der Waals surface area contributed by atoms with E-state index in [2.05, 4.69) is 15.0 Å². The molecule has 1 aliphatic rings. The molecule has 0 atom stereocenters. The Morgan fingerprint density at radius 1 is 1.00 bits per heavy atom. The number of piperidine rings is 1. The van der Waals surface area contributed by atoms with Gasteiger partial charge in [0, 0.05) is 63.3 Å². The van der Waals surface area contributed by atoms with Crippen molar-refractivity contribution in [2.24, 2.45) is 0 Å². The molecule has 1 saturated heterocycles. The second-order valence-corrected chi connectivity index (χ2v) is 10.0. The van der Waals surface area contributed by atoms with Crippen molar-refractivity contribution < 1.29 is 28.3 Å². The molecule has 4 aromatic rings. The summed E-state index contributed by atoms with van der Waals surface area (Å²) in [7, 11) is 3.19. The van der Waals surface area contributed by atoms with Crippen molar-refractivity contribution in [1.29, 1.82) is 0 Å². The number of benzene rings is 3. The molecule has 10 heteroatoms. The molecule has 0 spiro atoms. The van der Waals surface area contributed by atoms with Crippen molar-refractivity contribution in [3.63, 3.8) is 0 Å². The lowest BCUT2D eigenvalue weighted by atomic mass is 9.89. The Bertz CT molecular complexity index is 1500. The fraction of sp³-hybridized carbons (Fsp3) is 0.267. The molecule has 0 aliphatic carbocycles. The van der Waals surface area contributed by atoms with E-state index in [0.717, 1.165) is 16.7 Å². The molecule has 1 aliphatic heterocycles. The summed E-state index contributed by atoms with van der Waals surface area (Å²) in [6, 6.07) is 21.9. The van der Waals surface area contributed by atoms with E-state index >= 15 is 0 Å². The maximum atomic E-state index is 14.8. The van der Waals surface area contributed by atoms with Gasteiger partial charge in [-0.15, -0.1) is 0 Å². The SMILES string of the molecule is CN(C)C(=O)C1(OC(=O)O)CCN(Cc2ccc(-c3noc(-c4ccc(-c5ccccc5)c(F)c4)n3)cc2)CC1. The van der Waals surface area contributed by atoms with Gasteiger partial charge in [-0.05, 0) is 23.3 Å². The average molecular weight is 545 g/mol. The number of hydrogen-bond donors (Lipinski definition) is 1. The molecule has 0 saturated carbocycles. The quantitative estimate of drug-likeness (QED) is 0.311. The van der Waals surface area contributed by atoms with Gasteiger partial charge in [0.05, 0.1) is 0 Å². The highest BCUT2D eigenvalue weighted by Gasteiger charge is 2.46. The third-order valence-corrected chi connectivity index (χ3v) is 7.09. The molecule has 206 valence electrons. The summed E-state index contributed by atoms with van der Waals surface area (Å²) in [5.41, 5.74) is 2.22. The number of carbonyl (C=O) groups excluding carboxylic acids is 1. The highest BCUT2D eigenvalue weighted by molar-refractivity contribution is 5.86. The topological polar surface area (TPSA) is 109 Å². The predicted molar refractivity (Wildman–Crippen MR) is 146 cm³/mol. The molecule has 0 unspecified atom stereocenters. The Hall–Kier alpha value is -4.57. The first-order valence-corrected chi connectivity index (χ1v) is 12.9. The van der Waals surface area contributed by atoms with Gasteiger partial charge in [-0.2, -0.15) is 4.98 Å². The fourth-order valence-corrected chi connectivity index (χ4v) is 4.98. The molecule has 3 aromatic carbocycles. The molecule has 1 amide bonds. The van der Waals surface area contributed by atoms with Crippen LogP contribution < -0.4 is 0 Å². The van der Waals surface area contributed by atoms with Crippen LogP contribution in [-0.2, 0) is 16.1 Å². The minimum Gasteiger partial charge on any atom is -0.450 e. The molecule has 1 N–H and O–H groups in total. The largest absolute Gasteiger partial charge is 0.506 e. The normalized spacial score (nSPS) is 15.0. The number of carboxylic acid groups (broad SMARTS) is 1. The smallest absolute Gasteiger partial charge is 0.450 e. The summed E-state index contributed by atoms with van der Waals surface area (Å²) in [5, 5.41) is 13.2. The number of aromatic nitrogens is 2. The van der Waals surface area contributed by atoms with Crippen LogP contribution in [0.4, 0.5) is 9.18 Å². The van der Waals surface area contributed by atoms with Crippen molar-refractivity contribution in [3.8, 4) is 34.0 Å². The van der Waals surface area contributed by atoms with E-state index in [1.165, 1.54) is 11.0 Å². The zero-order valence-electron chi connectivity index (χ0n) is 22.2. The van der Waals surface area contributed by atoms with E-state index in [-0.39, 0.29) is 30.5 Å². The number of rotatable bonds is 7. The van der Waals surface area contributed by atoms with Gasteiger partial charge in [0.15, 0.2) is 5.60 Å². The summed E-state index contributed by atoms with van der Waals surface area (Å²) >= 11 is 0. The molecular formula is C30H29FN4O5. The van der Waals surface area contributed by atoms with Crippen LogP contribution in [0.5, 0.6) is 0 Å². The monoisotopic (exact) mass is 544 g/mol. The summed E-state index contributed by atoms with van der Waals surface area (Å²) < 4.78 is 25.3. The predicted octanol–water partition coefficient (Wildman–Crippen LogP) is 5.33. The van der Waals surface area contributed by atoms with Crippen molar-refractivity contribution in [1.82, 2.24) is 19.9 Å². The summed E-state index contributed by atoms with van der Waals surface area (Å²) in [5.74, 6) is -0.0910. The molecule has 2 heterocycles. The third kappa shape index (κ3) is 5.72. The van der Waals surface area contributed by atoms with E-state index in [9.17, 15) is 19.1 Å². The van der Waals surface area contributed by atoms with Gasteiger partial charge in [-0.3, -0.25) is 9.69 Å². The van der Waals surface area contributed by atoms with Crippen molar-refractivity contribution in [3.05, 3.63) is 84.2 Å². The maximum Gasteiger partial charge on any atom is 0.506 e. The molecule has 1 fully saturated rings. The van der Waals surface area contributed by atoms with Crippen molar-refractivity contribution in [2.45, 2.75) is 25.0 Å². The van der Waals surface area contributed by atoms with E-state index in [0.29, 0.717) is 36.6 Å². The number of nitrogens with zero attached hydrogens (tertiary/aromatic N) is 4. The number of likely N-dealkylation sites (N-methyl/N-ethyl adjacent to an activating group) is 1. The van der Waals surface area contributed by atoms with Gasteiger partial charge >= 0.3 is 6.16 Å². The number of ether oxygens (including phenoxy) is 1. The Kier molecular flexibility index (Phi) is 7.61. The fourth-order valence-electron chi connectivity index (χ4n) is 4.98. The second-order valence-electron chi connectivity index (χ2n) is 10.0. The van der Waals surface area contributed by atoms with Crippen molar-refractivity contribution >= 4 is 12.1 Å². The first-order valence-electron chi connectivity index (χ1n) is 12.9. The van der Waals surface area contributed by atoms with Gasteiger partial charge in [-0.1, -0.05) is 65.8 Å². The Morgan fingerprint density at radius 2 is 1.68 bits per heavy atom. The maximum absolute atomic E-state index is 14.8. The first-order chi connectivity index (χ1) is 19.2. The van der Waals surface area contributed by atoms with Crippen LogP contribution in [0.15, 0.2) is 77.3 Å². The molecule has 0 radical (unpaired) electrons. The minimum atomic E-state index is -1.45. The zero-order chi connectivity index (χ0) is 28.3. The van der Waals surface area contributed by atoms with Crippen LogP contribution in [0, 0.1) is 5.82 Å². The molecule has 5 rings (SSSR count). The lowest BCUT2D eigenvalue weighted by Crippen LogP contribution is -2.55. The summed E-state index contributed by atoms with van der Waals surface area (Å²) in [6.07, 6.45) is -0.877. The van der Waals surface area contributed by atoms with Crippen LogP contribution >= 0.6 is 0 Å². The first kappa shape index (κ1) is 27.0. The van der Waals surface area contributed by atoms with Gasteiger partial charge in [0.25, 0.3) is 11.8 Å². The third-order valence-electron chi connectivity index (χ3n) is 7.09. The Balaban J connectivity index is 1.23. The lowest BCUT2D eigenvalue weighted by molar-refractivity contribution is -0.156. The van der Waals surface area contributed by atoms with E-state index in [4.69, 9.17) is 9.26 Å². The Morgan fingerprint density at radius 3 is 2.30 bits per heavy atom. The highest BCUT2D eigenvalue weighted by Crippen LogP contribution is 2.31. The summed E-state index contributed by atoms with van der Waals surface area (Å²) in [4.78, 5) is 31.9. The second kappa shape index (κ2) is 11.3. The molecule has 1 aromatic heterocycles. The van der Waals surface area contributed by atoms with Crippen molar-refractivity contribution in [2.75, 3.05) is 27.2 Å². The number of halogens is 1. The van der Waals surface area contributed by atoms with Gasteiger partial charge in [-0.25, -0.2) is 9.18 Å². The molecule has 0 bridgehead atoms. The van der Waals surface area contributed by atoms with Crippen LogP contribution in [0.3, 0.4) is 0 Å². The van der Waals surface area contributed by atoms with Gasteiger partial charge in [0.2, 0.25) is 5.82 Å². The lowest BCUT2D eigenvalue weighted by Gasteiger charge is -2.40.